The lowest BCUT2D eigenvalue weighted by molar-refractivity contribution is -0.114. The van der Waals surface area contributed by atoms with E-state index in [0.717, 1.165) is 5.56 Å². The Morgan fingerprint density at radius 3 is 2.54 bits per heavy atom. The molecule has 7 heteroatoms. The highest BCUT2D eigenvalue weighted by atomic mass is 16.5. The Hall–Kier alpha value is -3.37. The number of rotatable bonds is 7. The maximum absolute atomic E-state index is 12.5. The molecule has 2 amide bonds. The lowest BCUT2D eigenvalue weighted by Gasteiger charge is -2.15. The van der Waals surface area contributed by atoms with Crippen molar-refractivity contribution in [3.05, 3.63) is 59.7 Å². The van der Waals surface area contributed by atoms with Crippen molar-refractivity contribution in [1.29, 1.82) is 5.26 Å². The van der Waals surface area contributed by atoms with E-state index in [-0.39, 0.29) is 5.91 Å². The molecule has 0 aliphatic heterocycles. The molecule has 0 heterocycles. The molecule has 2 aromatic rings. The van der Waals surface area contributed by atoms with E-state index in [1.807, 2.05) is 18.2 Å². The van der Waals surface area contributed by atoms with Crippen LogP contribution in [0.1, 0.15) is 35.8 Å². The number of nitrogens with zero attached hydrogens (tertiary/aromatic N) is 1. The number of benzene rings is 2. The van der Waals surface area contributed by atoms with Gasteiger partial charge in [-0.25, -0.2) is 5.43 Å². The van der Waals surface area contributed by atoms with Crippen LogP contribution in [0.5, 0.6) is 5.75 Å². The predicted molar refractivity (Wildman–Crippen MR) is 97.3 cm³/mol. The van der Waals surface area contributed by atoms with Gasteiger partial charge in [-0.3, -0.25) is 15.0 Å². The van der Waals surface area contributed by atoms with Gasteiger partial charge in [-0.1, -0.05) is 30.3 Å². The minimum Gasteiger partial charge on any atom is -0.493 e. The van der Waals surface area contributed by atoms with E-state index in [2.05, 4.69) is 22.2 Å². The van der Waals surface area contributed by atoms with Crippen LogP contribution in [0.3, 0.4) is 0 Å². The fraction of sp³-hybridized carbons (Fsp3) is 0.211. The molecule has 0 aliphatic carbocycles. The number of hydrogen-bond donors (Lipinski definition) is 3. The maximum Gasteiger partial charge on any atom is 0.269 e. The highest BCUT2D eigenvalue weighted by Crippen LogP contribution is 2.23. The second-order valence-corrected chi connectivity index (χ2v) is 5.40. The number of ether oxygens (including phenoxy) is 1. The van der Waals surface area contributed by atoms with Crippen LogP contribution in [0.4, 0.5) is 5.69 Å². The average Bonchev–Trinajstić information content (AvgIpc) is 2.63. The lowest BCUT2D eigenvalue weighted by atomic mass is 10.1. The summed E-state index contributed by atoms with van der Waals surface area (Å²) in [5.41, 5.74) is 6.80. The first-order valence-electron chi connectivity index (χ1n) is 8.10. The molecule has 134 valence electrons. The van der Waals surface area contributed by atoms with Gasteiger partial charge >= 0.3 is 0 Å². The molecule has 0 saturated heterocycles. The summed E-state index contributed by atoms with van der Waals surface area (Å²) in [7, 11) is 0. The van der Waals surface area contributed by atoms with Crippen LogP contribution in [0, 0.1) is 11.3 Å². The number of hydrazine groups is 1. The number of anilines is 1. The summed E-state index contributed by atoms with van der Waals surface area (Å²) in [5, 5.41) is 11.9. The van der Waals surface area contributed by atoms with Gasteiger partial charge in [0.2, 0.25) is 5.91 Å². The van der Waals surface area contributed by atoms with E-state index < -0.39 is 11.9 Å². The van der Waals surface area contributed by atoms with Gasteiger partial charge in [-0.2, -0.15) is 5.26 Å². The second kappa shape index (κ2) is 9.20. The topological polar surface area (TPSA) is 103 Å². The van der Waals surface area contributed by atoms with Crippen molar-refractivity contribution in [2.45, 2.75) is 19.9 Å². The summed E-state index contributed by atoms with van der Waals surface area (Å²) >= 11 is 0. The highest BCUT2D eigenvalue weighted by Gasteiger charge is 2.16. The van der Waals surface area contributed by atoms with E-state index >= 15 is 0 Å². The number of carbonyl (C=O) groups excluding carboxylic acids is 2. The molecule has 2 aromatic carbocycles. The molecule has 0 unspecified atom stereocenters. The van der Waals surface area contributed by atoms with Crippen LogP contribution in [0.2, 0.25) is 0 Å². The van der Waals surface area contributed by atoms with E-state index in [0.29, 0.717) is 23.6 Å². The zero-order chi connectivity index (χ0) is 18.9. The van der Waals surface area contributed by atoms with Crippen LogP contribution in [0.25, 0.3) is 0 Å². The Kier molecular flexibility index (Phi) is 6.71. The van der Waals surface area contributed by atoms with Gasteiger partial charge in [-0.05, 0) is 24.6 Å². The fourth-order valence-corrected chi connectivity index (χ4v) is 2.31. The molecule has 3 N–H and O–H groups in total. The van der Waals surface area contributed by atoms with Gasteiger partial charge in [0.05, 0.1) is 18.2 Å². The first kappa shape index (κ1) is 19.0. The molecule has 26 heavy (non-hydrogen) atoms. The van der Waals surface area contributed by atoms with Gasteiger partial charge in [-0.15, -0.1) is 0 Å². The molecule has 0 bridgehead atoms. The molecule has 0 fully saturated rings. The normalized spacial score (nSPS) is 11.1. The molecule has 0 aliphatic rings. The first-order valence-corrected chi connectivity index (χ1v) is 8.10. The monoisotopic (exact) mass is 352 g/mol. The molecule has 7 nitrogen and oxygen atoms in total. The number of hydrogen-bond acceptors (Lipinski definition) is 5. The van der Waals surface area contributed by atoms with Crippen molar-refractivity contribution in [2.75, 3.05) is 11.9 Å². The minimum absolute atomic E-state index is 0.217. The second-order valence-electron chi connectivity index (χ2n) is 5.40. The van der Waals surface area contributed by atoms with Gasteiger partial charge < -0.3 is 10.1 Å². The SMILES string of the molecule is CCOc1cc(NC(C)=O)ccc1C(=O)NN[C@H](C#N)c1ccccc1. The Bertz CT molecular complexity index is 815. The van der Waals surface area contributed by atoms with Gasteiger partial charge in [0.25, 0.3) is 5.91 Å². The van der Waals surface area contributed by atoms with Crippen molar-refractivity contribution >= 4 is 17.5 Å². The highest BCUT2D eigenvalue weighted by molar-refractivity contribution is 5.98. The lowest BCUT2D eigenvalue weighted by Crippen LogP contribution is -2.39. The number of nitrogens with one attached hydrogen (secondary N) is 3. The average molecular weight is 352 g/mol. The van der Waals surface area contributed by atoms with E-state index in [4.69, 9.17) is 4.74 Å². The largest absolute Gasteiger partial charge is 0.493 e. The summed E-state index contributed by atoms with van der Waals surface area (Å²) in [4.78, 5) is 23.6. The number of carbonyl (C=O) groups is 2. The maximum atomic E-state index is 12.5. The van der Waals surface area contributed by atoms with Crippen molar-refractivity contribution in [3.63, 3.8) is 0 Å². The van der Waals surface area contributed by atoms with E-state index in [1.54, 1.807) is 37.3 Å². The third-order valence-corrected chi connectivity index (χ3v) is 3.44. The summed E-state index contributed by atoms with van der Waals surface area (Å²) in [6, 6.07) is 15.2. The van der Waals surface area contributed by atoms with Crippen LogP contribution in [-0.4, -0.2) is 18.4 Å². The van der Waals surface area contributed by atoms with Crippen LogP contribution >= 0.6 is 0 Å². The number of amides is 2. The Morgan fingerprint density at radius 1 is 1.19 bits per heavy atom. The van der Waals surface area contributed by atoms with Crippen molar-refractivity contribution in [3.8, 4) is 11.8 Å². The van der Waals surface area contributed by atoms with Crippen LogP contribution < -0.4 is 20.9 Å². The quantitative estimate of drug-likeness (QED) is 0.665. The van der Waals surface area contributed by atoms with Crippen molar-refractivity contribution in [2.24, 2.45) is 0 Å². The third kappa shape index (κ3) is 5.06. The van der Waals surface area contributed by atoms with Crippen LogP contribution in [0.15, 0.2) is 48.5 Å². The molecular weight excluding hydrogens is 332 g/mol. The summed E-state index contributed by atoms with van der Waals surface area (Å²) in [6.07, 6.45) is 0. The molecule has 0 spiro atoms. The summed E-state index contributed by atoms with van der Waals surface area (Å²) < 4.78 is 5.49. The Balaban J connectivity index is 2.13. The van der Waals surface area contributed by atoms with Gasteiger partial charge in [0.1, 0.15) is 11.8 Å². The van der Waals surface area contributed by atoms with Gasteiger partial charge in [0.15, 0.2) is 0 Å². The molecular formula is C19H20N4O3. The summed E-state index contributed by atoms with van der Waals surface area (Å²) in [5.74, 6) is -0.323. The predicted octanol–water partition coefficient (Wildman–Crippen LogP) is 2.54. The zero-order valence-corrected chi connectivity index (χ0v) is 14.6. The van der Waals surface area contributed by atoms with Gasteiger partial charge in [0, 0.05) is 18.7 Å². The first-order chi connectivity index (χ1) is 12.5. The molecule has 2 rings (SSSR count). The fourth-order valence-electron chi connectivity index (χ4n) is 2.31. The zero-order valence-electron chi connectivity index (χ0n) is 14.6. The third-order valence-electron chi connectivity index (χ3n) is 3.44. The summed E-state index contributed by atoms with van der Waals surface area (Å²) in [6.45, 7) is 3.56. The van der Waals surface area contributed by atoms with Crippen LogP contribution in [-0.2, 0) is 4.79 Å². The van der Waals surface area contributed by atoms with Crippen molar-refractivity contribution < 1.29 is 14.3 Å². The molecule has 1 atom stereocenters. The number of nitriles is 1. The molecule has 0 radical (unpaired) electrons. The minimum atomic E-state index is -0.686. The Labute approximate surface area is 151 Å². The smallest absolute Gasteiger partial charge is 0.269 e. The van der Waals surface area contributed by atoms with E-state index in [9.17, 15) is 14.9 Å². The molecule has 0 saturated carbocycles. The van der Waals surface area contributed by atoms with Crippen molar-refractivity contribution in [1.82, 2.24) is 10.9 Å². The standard InChI is InChI=1S/C19H20N4O3/c1-3-26-18-11-15(21-13(2)24)9-10-16(18)19(25)23-22-17(12-20)14-7-5-4-6-8-14/h4-11,17,22H,3H2,1-2H3,(H,21,24)(H,23,25)/t17-/m1/s1. The molecule has 0 aromatic heterocycles. The Morgan fingerprint density at radius 2 is 1.92 bits per heavy atom. The van der Waals surface area contributed by atoms with E-state index in [1.165, 1.54) is 6.92 Å².